The minimum atomic E-state index is 0.496. The topological polar surface area (TPSA) is 25.2 Å². The van der Waals surface area contributed by atoms with Gasteiger partial charge in [-0.2, -0.15) is 0 Å². The van der Waals surface area contributed by atoms with Gasteiger partial charge in [0, 0.05) is 5.39 Å². The smallest absolute Gasteiger partial charge is 0.138 e. The fourth-order valence-electron chi connectivity index (χ4n) is 2.32. The minimum absolute atomic E-state index is 0.496. The first-order chi connectivity index (χ1) is 8.65. The van der Waals surface area contributed by atoms with Crippen LogP contribution in [0.25, 0.3) is 11.0 Å². The molecule has 0 saturated carbocycles. The van der Waals surface area contributed by atoms with Gasteiger partial charge in [-0.05, 0) is 36.9 Å². The van der Waals surface area contributed by atoms with E-state index in [-0.39, 0.29) is 0 Å². The van der Waals surface area contributed by atoms with Gasteiger partial charge >= 0.3 is 0 Å². The number of para-hydroxylation sites is 1. The van der Waals surface area contributed by atoms with Crippen LogP contribution in [0.15, 0.2) is 22.6 Å². The molecular weight excluding hydrogens is 222 g/mol. The summed E-state index contributed by atoms with van der Waals surface area (Å²) in [5.74, 6) is 1.57. The van der Waals surface area contributed by atoms with Crippen LogP contribution >= 0.6 is 0 Å². The Bertz CT molecular complexity index is 525. The molecule has 0 aliphatic carbocycles. The number of fused-ring (bicyclic) bond motifs is 1. The molecule has 0 atom stereocenters. The maximum absolute atomic E-state index is 6.08. The largest absolute Gasteiger partial charge is 0.459 e. The molecule has 0 bridgehead atoms. The summed E-state index contributed by atoms with van der Waals surface area (Å²) >= 11 is 0. The molecule has 0 unspecified atom stereocenters. The Morgan fingerprint density at radius 2 is 2.06 bits per heavy atom. The van der Waals surface area contributed by atoms with Crippen molar-refractivity contribution in [1.82, 2.24) is 5.32 Å². The van der Waals surface area contributed by atoms with Crippen molar-refractivity contribution in [3.05, 3.63) is 35.1 Å². The summed E-state index contributed by atoms with van der Waals surface area (Å²) < 4.78 is 6.08. The summed E-state index contributed by atoms with van der Waals surface area (Å²) in [6, 6.07) is 6.45. The lowest BCUT2D eigenvalue weighted by atomic mass is 10.00. The number of benzene rings is 1. The highest BCUT2D eigenvalue weighted by molar-refractivity contribution is 5.85. The summed E-state index contributed by atoms with van der Waals surface area (Å²) in [5.41, 5.74) is 3.65. The van der Waals surface area contributed by atoms with Gasteiger partial charge < -0.3 is 9.73 Å². The van der Waals surface area contributed by atoms with E-state index in [1.54, 1.807) is 0 Å². The second-order valence-corrected chi connectivity index (χ2v) is 5.21. The van der Waals surface area contributed by atoms with E-state index in [0.29, 0.717) is 5.92 Å². The lowest BCUT2D eigenvalue weighted by Crippen LogP contribution is -2.13. The molecule has 1 heterocycles. The average Bonchev–Trinajstić information content (AvgIpc) is 2.67. The zero-order chi connectivity index (χ0) is 13.1. The number of aryl methyl sites for hydroxylation is 1. The molecule has 0 fully saturated rings. The predicted octanol–water partition coefficient (Wildman–Crippen LogP) is 4.36. The van der Waals surface area contributed by atoms with Crippen LogP contribution in [0.2, 0.25) is 0 Å². The Morgan fingerprint density at radius 3 is 2.72 bits per heavy atom. The number of hydrogen-bond donors (Lipinski definition) is 1. The van der Waals surface area contributed by atoms with Crippen LogP contribution in [0.3, 0.4) is 0 Å². The number of hydrogen-bond acceptors (Lipinski definition) is 2. The molecule has 1 N–H and O–H groups in total. The van der Waals surface area contributed by atoms with Crippen molar-refractivity contribution in [1.29, 1.82) is 0 Å². The zero-order valence-electron chi connectivity index (χ0n) is 11.8. The van der Waals surface area contributed by atoms with Gasteiger partial charge in [-0.15, -0.1) is 0 Å². The van der Waals surface area contributed by atoms with Gasteiger partial charge in [0.1, 0.15) is 11.3 Å². The fourth-order valence-corrected chi connectivity index (χ4v) is 2.32. The third kappa shape index (κ3) is 2.44. The van der Waals surface area contributed by atoms with Crippen LogP contribution in [0, 0.1) is 6.92 Å². The zero-order valence-corrected chi connectivity index (χ0v) is 11.8. The van der Waals surface area contributed by atoms with E-state index in [9.17, 15) is 0 Å². The molecular formula is C16H23NO. The first-order valence-corrected chi connectivity index (χ1v) is 6.86. The monoisotopic (exact) mass is 245 g/mol. The molecule has 0 aliphatic rings. The second kappa shape index (κ2) is 5.57. The van der Waals surface area contributed by atoms with Gasteiger partial charge in [0.25, 0.3) is 0 Å². The molecule has 0 amide bonds. The average molecular weight is 245 g/mol. The number of nitrogens with one attached hydrogen (secondary N) is 1. The molecule has 2 aromatic rings. The van der Waals surface area contributed by atoms with Crippen molar-refractivity contribution in [2.45, 2.75) is 46.6 Å². The van der Waals surface area contributed by atoms with E-state index in [0.717, 1.165) is 30.9 Å². The molecule has 2 nitrogen and oxygen atoms in total. The summed E-state index contributed by atoms with van der Waals surface area (Å²) in [6.07, 6.45) is 1.15. The van der Waals surface area contributed by atoms with Gasteiger partial charge in [-0.25, -0.2) is 0 Å². The molecule has 0 radical (unpaired) electrons. The molecule has 1 aromatic heterocycles. The van der Waals surface area contributed by atoms with Crippen LogP contribution in [0.4, 0.5) is 0 Å². The molecule has 0 spiro atoms. The summed E-state index contributed by atoms with van der Waals surface area (Å²) in [7, 11) is 0. The van der Waals surface area contributed by atoms with Gasteiger partial charge in [0.2, 0.25) is 0 Å². The Balaban J connectivity index is 2.39. The molecule has 18 heavy (non-hydrogen) atoms. The number of furan rings is 1. The van der Waals surface area contributed by atoms with Crippen LogP contribution in [-0.4, -0.2) is 6.54 Å². The van der Waals surface area contributed by atoms with Crippen molar-refractivity contribution in [3.8, 4) is 0 Å². The molecule has 0 aliphatic heterocycles. The highest BCUT2D eigenvalue weighted by atomic mass is 16.3. The van der Waals surface area contributed by atoms with Crippen LogP contribution in [-0.2, 0) is 6.54 Å². The first kappa shape index (κ1) is 13.2. The second-order valence-electron chi connectivity index (χ2n) is 5.21. The SMILES string of the molecule is CCCNCc1oc2c(C(C)C)cccc2c1C. The maximum Gasteiger partial charge on any atom is 0.138 e. The van der Waals surface area contributed by atoms with E-state index in [1.165, 1.54) is 16.5 Å². The standard InChI is InChI=1S/C16H23NO/c1-5-9-17-10-15-12(4)14-8-6-7-13(11(2)3)16(14)18-15/h6-8,11,17H,5,9-10H2,1-4H3. The van der Waals surface area contributed by atoms with Crippen molar-refractivity contribution in [2.75, 3.05) is 6.54 Å². The predicted molar refractivity (Wildman–Crippen MR) is 77.0 cm³/mol. The van der Waals surface area contributed by atoms with Gasteiger partial charge in [-0.1, -0.05) is 39.0 Å². The molecule has 98 valence electrons. The van der Waals surface area contributed by atoms with Crippen LogP contribution < -0.4 is 5.32 Å². The molecule has 2 heteroatoms. The number of rotatable bonds is 5. The minimum Gasteiger partial charge on any atom is -0.459 e. The Hall–Kier alpha value is -1.28. The Morgan fingerprint density at radius 1 is 1.28 bits per heavy atom. The van der Waals surface area contributed by atoms with Crippen LogP contribution in [0.1, 0.15) is 50.0 Å². The molecule has 2 rings (SSSR count). The highest BCUT2D eigenvalue weighted by Crippen LogP contribution is 2.31. The third-order valence-corrected chi connectivity index (χ3v) is 3.43. The third-order valence-electron chi connectivity index (χ3n) is 3.43. The summed E-state index contributed by atoms with van der Waals surface area (Å²) in [5, 5.41) is 4.67. The van der Waals surface area contributed by atoms with Crippen molar-refractivity contribution in [2.24, 2.45) is 0 Å². The lowest BCUT2D eigenvalue weighted by Gasteiger charge is -2.05. The lowest BCUT2D eigenvalue weighted by molar-refractivity contribution is 0.506. The Labute approximate surface area is 109 Å². The molecule has 0 saturated heterocycles. The van der Waals surface area contributed by atoms with Crippen molar-refractivity contribution >= 4 is 11.0 Å². The first-order valence-electron chi connectivity index (χ1n) is 6.86. The van der Waals surface area contributed by atoms with E-state index in [4.69, 9.17) is 4.42 Å². The van der Waals surface area contributed by atoms with Crippen LogP contribution in [0.5, 0.6) is 0 Å². The van der Waals surface area contributed by atoms with E-state index in [1.807, 2.05) is 0 Å². The normalized spacial score (nSPS) is 11.6. The van der Waals surface area contributed by atoms with E-state index >= 15 is 0 Å². The van der Waals surface area contributed by atoms with Gasteiger partial charge in [-0.3, -0.25) is 0 Å². The van der Waals surface area contributed by atoms with Gasteiger partial charge in [0.15, 0.2) is 0 Å². The van der Waals surface area contributed by atoms with E-state index < -0.39 is 0 Å². The quantitative estimate of drug-likeness (QED) is 0.791. The van der Waals surface area contributed by atoms with E-state index in [2.05, 4.69) is 51.2 Å². The molecule has 1 aromatic carbocycles. The maximum atomic E-state index is 6.08. The van der Waals surface area contributed by atoms with Crippen molar-refractivity contribution in [3.63, 3.8) is 0 Å². The summed E-state index contributed by atoms with van der Waals surface area (Å²) in [4.78, 5) is 0. The Kier molecular flexibility index (Phi) is 4.07. The van der Waals surface area contributed by atoms with Crippen molar-refractivity contribution < 1.29 is 4.42 Å². The highest BCUT2D eigenvalue weighted by Gasteiger charge is 2.14. The summed E-state index contributed by atoms with van der Waals surface area (Å²) in [6.45, 7) is 10.6. The fraction of sp³-hybridized carbons (Fsp3) is 0.500. The van der Waals surface area contributed by atoms with Gasteiger partial charge in [0.05, 0.1) is 6.54 Å².